The Morgan fingerprint density at radius 1 is 1.58 bits per heavy atom. The summed E-state index contributed by atoms with van der Waals surface area (Å²) in [5.41, 5.74) is 7.23. The van der Waals surface area contributed by atoms with Crippen LogP contribution in [0.3, 0.4) is 0 Å². The zero-order valence-corrected chi connectivity index (χ0v) is 7.12. The van der Waals surface area contributed by atoms with E-state index in [2.05, 4.69) is 4.98 Å². The van der Waals surface area contributed by atoms with Gasteiger partial charge in [-0.25, -0.2) is 4.98 Å². The van der Waals surface area contributed by atoms with Crippen molar-refractivity contribution in [2.45, 2.75) is 6.54 Å². The average molecular weight is 182 g/mol. The lowest BCUT2D eigenvalue weighted by atomic mass is 10.3. The smallest absolute Gasteiger partial charge is 0.0996 e. The van der Waals surface area contributed by atoms with Gasteiger partial charge in [-0.05, 0) is 12.1 Å². The Bertz CT molecular complexity index is 408. The number of hydrogen-bond donors (Lipinski definition) is 1. The van der Waals surface area contributed by atoms with E-state index >= 15 is 0 Å². The summed E-state index contributed by atoms with van der Waals surface area (Å²) in [5.74, 6) is 0. The molecule has 0 aliphatic carbocycles. The Morgan fingerprint density at radius 2 is 2.42 bits per heavy atom. The van der Waals surface area contributed by atoms with E-state index in [0.29, 0.717) is 11.6 Å². The van der Waals surface area contributed by atoms with Crippen LogP contribution in [-0.4, -0.2) is 9.38 Å². The third kappa shape index (κ3) is 0.983. The van der Waals surface area contributed by atoms with Crippen molar-refractivity contribution in [3.8, 4) is 0 Å². The van der Waals surface area contributed by atoms with E-state index in [1.807, 2.05) is 22.7 Å². The maximum atomic E-state index is 5.97. The number of hydrogen-bond acceptors (Lipinski definition) is 2. The van der Waals surface area contributed by atoms with Crippen molar-refractivity contribution in [3.05, 3.63) is 35.4 Å². The molecule has 2 N–H and O–H groups in total. The van der Waals surface area contributed by atoms with Crippen LogP contribution in [0.4, 0.5) is 0 Å². The molecule has 0 fully saturated rings. The summed E-state index contributed by atoms with van der Waals surface area (Å²) in [4.78, 5) is 4.13. The van der Waals surface area contributed by atoms with Crippen molar-refractivity contribution in [2.75, 3.05) is 0 Å². The number of aromatic nitrogens is 2. The minimum Gasteiger partial charge on any atom is -0.325 e. The van der Waals surface area contributed by atoms with Crippen molar-refractivity contribution in [2.24, 2.45) is 5.73 Å². The van der Waals surface area contributed by atoms with Crippen LogP contribution >= 0.6 is 11.6 Å². The van der Waals surface area contributed by atoms with Crippen LogP contribution in [0, 0.1) is 0 Å². The molecule has 0 spiro atoms. The highest BCUT2D eigenvalue weighted by molar-refractivity contribution is 6.33. The van der Waals surface area contributed by atoms with E-state index in [1.165, 1.54) is 0 Å². The molecule has 0 saturated carbocycles. The molecule has 2 aromatic rings. The number of fused-ring (bicyclic) bond motifs is 1. The number of rotatable bonds is 1. The van der Waals surface area contributed by atoms with E-state index in [4.69, 9.17) is 17.3 Å². The normalized spacial score (nSPS) is 10.8. The van der Waals surface area contributed by atoms with Gasteiger partial charge < -0.3 is 10.1 Å². The highest BCUT2D eigenvalue weighted by Crippen LogP contribution is 2.19. The van der Waals surface area contributed by atoms with Crippen LogP contribution in [-0.2, 0) is 6.54 Å². The number of imidazole rings is 1. The zero-order chi connectivity index (χ0) is 8.55. The summed E-state index contributed by atoms with van der Waals surface area (Å²) >= 11 is 5.97. The molecule has 2 heterocycles. The van der Waals surface area contributed by atoms with Crippen LogP contribution in [0.2, 0.25) is 5.02 Å². The van der Waals surface area contributed by atoms with Gasteiger partial charge in [0.2, 0.25) is 0 Å². The molecule has 0 bridgehead atoms. The zero-order valence-electron chi connectivity index (χ0n) is 6.37. The quantitative estimate of drug-likeness (QED) is 0.724. The Hall–Kier alpha value is -1.06. The first-order chi connectivity index (χ1) is 5.83. The second-order valence-corrected chi connectivity index (χ2v) is 2.91. The fraction of sp³-hybridized carbons (Fsp3) is 0.125. The van der Waals surface area contributed by atoms with Crippen molar-refractivity contribution in [1.82, 2.24) is 9.38 Å². The molecular weight excluding hydrogens is 174 g/mol. The molecule has 0 aliphatic heterocycles. The third-order valence-corrected chi connectivity index (χ3v) is 2.08. The van der Waals surface area contributed by atoms with Crippen molar-refractivity contribution < 1.29 is 0 Å². The first kappa shape index (κ1) is 7.58. The van der Waals surface area contributed by atoms with E-state index in [0.717, 1.165) is 11.2 Å². The predicted octanol–water partition coefficient (Wildman–Crippen LogP) is 1.45. The van der Waals surface area contributed by atoms with E-state index in [9.17, 15) is 0 Å². The maximum absolute atomic E-state index is 5.97. The van der Waals surface area contributed by atoms with Gasteiger partial charge in [0.1, 0.15) is 0 Å². The Morgan fingerprint density at radius 3 is 3.17 bits per heavy atom. The van der Waals surface area contributed by atoms with Gasteiger partial charge in [-0.15, -0.1) is 0 Å². The van der Waals surface area contributed by atoms with Crippen LogP contribution < -0.4 is 5.73 Å². The number of pyridine rings is 1. The molecule has 0 radical (unpaired) electrons. The molecule has 2 aromatic heterocycles. The molecule has 0 saturated heterocycles. The van der Waals surface area contributed by atoms with Gasteiger partial charge in [0.15, 0.2) is 0 Å². The van der Waals surface area contributed by atoms with Gasteiger partial charge in [0.05, 0.1) is 22.6 Å². The summed E-state index contributed by atoms with van der Waals surface area (Å²) < 4.78 is 1.87. The highest BCUT2D eigenvalue weighted by Gasteiger charge is 2.04. The lowest BCUT2D eigenvalue weighted by molar-refractivity contribution is 1.02. The van der Waals surface area contributed by atoms with Gasteiger partial charge in [-0.1, -0.05) is 11.6 Å². The van der Waals surface area contributed by atoms with Crippen LogP contribution in [0.5, 0.6) is 0 Å². The molecule has 2 rings (SSSR count). The summed E-state index contributed by atoms with van der Waals surface area (Å²) in [7, 11) is 0. The first-order valence-electron chi connectivity index (χ1n) is 3.63. The number of nitrogens with zero attached hydrogens (tertiary/aromatic N) is 2. The highest BCUT2D eigenvalue weighted by atomic mass is 35.5. The monoisotopic (exact) mass is 181 g/mol. The molecule has 0 unspecified atom stereocenters. The SMILES string of the molecule is NCc1ncn2cccc(Cl)c12. The van der Waals surface area contributed by atoms with Gasteiger partial charge in [0.25, 0.3) is 0 Å². The molecule has 0 amide bonds. The average Bonchev–Trinajstić information content (AvgIpc) is 2.49. The van der Waals surface area contributed by atoms with E-state index in [1.54, 1.807) is 6.33 Å². The minimum absolute atomic E-state index is 0.417. The second-order valence-electron chi connectivity index (χ2n) is 2.51. The van der Waals surface area contributed by atoms with Crippen LogP contribution in [0.25, 0.3) is 5.52 Å². The summed E-state index contributed by atoms with van der Waals surface area (Å²) in [6.07, 6.45) is 3.61. The van der Waals surface area contributed by atoms with Crippen molar-refractivity contribution >= 4 is 17.1 Å². The first-order valence-corrected chi connectivity index (χ1v) is 4.01. The van der Waals surface area contributed by atoms with Crippen molar-refractivity contribution in [3.63, 3.8) is 0 Å². The molecule has 0 atom stereocenters. The molecule has 3 nitrogen and oxygen atoms in total. The standard InChI is InChI=1S/C8H8ClN3/c9-6-2-1-3-12-5-11-7(4-10)8(6)12/h1-3,5H,4,10H2. The van der Waals surface area contributed by atoms with E-state index in [-0.39, 0.29) is 0 Å². The summed E-state index contributed by atoms with van der Waals surface area (Å²) in [6.45, 7) is 0.417. The fourth-order valence-corrected chi connectivity index (χ4v) is 1.50. The third-order valence-electron chi connectivity index (χ3n) is 1.78. The topological polar surface area (TPSA) is 43.3 Å². The van der Waals surface area contributed by atoms with Gasteiger partial charge in [-0.2, -0.15) is 0 Å². The molecule has 0 aromatic carbocycles. The van der Waals surface area contributed by atoms with Gasteiger partial charge in [0, 0.05) is 12.7 Å². The van der Waals surface area contributed by atoms with Crippen LogP contribution in [0.1, 0.15) is 5.69 Å². The molecular formula is C8H8ClN3. The Labute approximate surface area is 74.8 Å². The summed E-state index contributed by atoms with van der Waals surface area (Å²) in [5, 5.41) is 0.690. The Kier molecular flexibility index (Phi) is 1.75. The number of halogens is 1. The number of nitrogens with two attached hydrogens (primary N) is 1. The summed E-state index contributed by atoms with van der Waals surface area (Å²) in [6, 6.07) is 3.70. The minimum atomic E-state index is 0.417. The Balaban J connectivity index is 2.83. The van der Waals surface area contributed by atoms with E-state index < -0.39 is 0 Å². The van der Waals surface area contributed by atoms with Crippen LogP contribution in [0.15, 0.2) is 24.7 Å². The molecule has 0 aliphatic rings. The fourth-order valence-electron chi connectivity index (χ4n) is 1.22. The van der Waals surface area contributed by atoms with Crippen molar-refractivity contribution in [1.29, 1.82) is 0 Å². The van der Waals surface area contributed by atoms with Gasteiger partial charge in [-0.3, -0.25) is 0 Å². The van der Waals surface area contributed by atoms with Gasteiger partial charge >= 0.3 is 0 Å². The largest absolute Gasteiger partial charge is 0.325 e. The molecule has 4 heteroatoms. The molecule has 62 valence electrons. The lowest BCUT2D eigenvalue weighted by Gasteiger charge is -1.96. The predicted molar refractivity (Wildman–Crippen MR) is 48.1 cm³/mol. The second kappa shape index (κ2) is 2.77. The lowest BCUT2D eigenvalue weighted by Crippen LogP contribution is -1.97. The molecule has 12 heavy (non-hydrogen) atoms. The maximum Gasteiger partial charge on any atom is 0.0996 e.